The van der Waals surface area contributed by atoms with Crippen molar-refractivity contribution >= 4 is 11.6 Å². The van der Waals surface area contributed by atoms with Crippen molar-refractivity contribution in [3.63, 3.8) is 0 Å². The number of hydrogen-bond acceptors (Lipinski definition) is 4. The van der Waals surface area contributed by atoms with Crippen LogP contribution in [0.15, 0.2) is 18.2 Å². The van der Waals surface area contributed by atoms with Crippen LogP contribution in [0.4, 0.5) is 5.69 Å². The Kier molecular flexibility index (Phi) is 4.17. The molecule has 0 aliphatic heterocycles. The van der Waals surface area contributed by atoms with Crippen molar-refractivity contribution in [1.29, 1.82) is 10.5 Å². The third kappa shape index (κ3) is 2.96. The first-order valence-electron chi connectivity index (χ1n) is 6.18. The molecule has 0 aromatic heterocycles. The van der Waals surface area contributed by atoms with Crippen molar-refractivity contribution in [3.05, 3.63) is 29.3 Å². The maximum atomic E-state index is 12.3. The van der Waals surface area contributed by atoms with Crippen LogP contribution in [0.5, 0.6) is 0 Å². The quantitative estimate of drug-likeness (QED) is 0.878. The molecule has 1 aromatic rings. The number of nitrogens with two attached hydrogens (primary N) is 1. The van der Waals surface area contributed by atoms with Crippen LogP contribution in [0.25, 0.3) is 0 Å². The van der Waals surface area contributed by atoms with Crippen molar-refractivity contribution in [2.45, 2.75) is 33.2 Å². The first kappa shape index (κ1) is 15.7. The number of anilines is 1. The molecule has 104 valence electrons. The summed E-state index contributed by atoms with van der Waals surface area (Å²) in [6.07, 6.45) is 0. The fourth-order valence-electron chi connectivity index (χ4n) is 1.39. The zero-order valence-electron chi connectivity index (χ0n) is 12.1. The minimum atomic E-state index is -0.784. The summed E-state index contributed by atoms with van der Waals surface area (Å²) in [5, 5.41) is 20.6. The smallest absolute Gasteiger partial charge is 0.231 e. The van der Waals surface area contributed by atoms with Gasteiger partial charge in [0.25, 0.3) is 0 Å². The molecular formula is C15H18N4O. The second kappa shape index (κ2) is 5.32. The van der Waals surface area contributed by atoms with Gasteiger partial charge in [0.15, 0.2) is 0 Å². The van der Waals surface area contributed by atoms with E-state index < -0.39 is 11.0 Å². The molecule has 20 heavy (non-hydrogen) atoms. The van der Waals surface area contributed by atoms with E-state index in [1.165, 1.54) is 12.1 Å². The molecule has 0 radical (unpaired) electrons. The summed E-state index contributed by atoms with van der Waals surface area (Å²) >= 11 is 0. The van der Waals surface area contributed by atoms with Gasteiger partial charge in [-0.2, -0.15) is 10.5 Å². The van der Waals surface area contributed by atoms with E-state index in [0.29, 0.717) is 5.69 Å². The molecule has 1 amide bonds. The standard InChI is InChI=1S/C15H18N4O/c1-14(2,15(3,4)18)13(20)19-12-6-5-10(8-16)11(7-12)9-17/h5-7H,18H2,1-4H3,(H,19,20). The lowest BCUT2D eigenvalue weighted by Gasteiger charge is -2.36. The molecule has 0 saturated heterocycles. The Morgan fingerprint density at radius 3 is 2.15 bits per heavy atom. The number of hydrogen-bond donors (Lipinski definition) is 2. The zero-order chi connectivity index (χ0) is 15.6. The first-order valence-corrected chi connectivity index (χ1v) is 6.18. The highest BCUT2D eigenvalue weighted by Crippen LogP contribution is 2.30. The van der Waals surface area contributed by atoms with E-state index in [-0.39, 0.29) is 17.0 Å². The van der Waals surface area contributed by atoms with Crippen LogP contribution in [0, 0.1) is 28.1 Å². The van der Waals surface area contributed by atoms with Crippen LogP contribution in [0.2, 0.25) is 0 Å². The highest BCUT2D eigenvalue weighted by Gasteiger charge is 2.40. The molecule has 0 saturated carbocycles. The lowest BCUT2D eigenvalue weighted by molar-refractivity contribution is -0.126. The van der Waals surface area contributed by atoms with Crippen LogP contribution in [0.3, 0.4) is 0 Å². The Bertz CT molecular complexity index is 612. The average molecular weight is 270 g/mol. The zero-order valence-corrected chi connectivity index (χ0v) is 12.1. The van der Waals surface area contributed by atoms with E-state index in [1.54, 1.807) is 33.8 Å². The Balaban J connectivity index is 3.05. The van der Waals surface area contributed by atoms with Gasteiger partial charge in [-0.25, -0.2) is 0 Å². The van der Waals surface area contributed by atoms with Gasteiger partial charge in [0.05, 0.1) is 16.5 Å². The van der Waals surface area contributed by atoms with E-state index >= 15 is 0 Å². The minimum Gasteiger partial charge on any atom is -0.326 e. The molecule has 0 bridgehead atoms. The molecule has 1 aromatic carbocycles. The summed E-state index contributed by atoms with van der Waals surface area (Å²) < 4.78 is 0. The molecular weight excluding hydrogens is 252 g/mol. The van der Waals surface area contributed by atoms with E-state index in [4.69, 9.17) is 16.3 Å². The molecule has 0 atom stereocenters. The predicted octanol–water partition coefficient (Wildman–Crippen LogP) is 2.13. The van der Waals surface area contributed by atoms with Crippen molar-refractivity contribution in [2.75, 3.05) is 5.32 Å². The number of benzene rings is 1. The summed E-state index contributed by atoms with van der Waals surface area (Å²) in [6, 6.07) is 8.44. The lowest BCUT2D eigenvalue weighted by Crippen LogP contribution is -2.53. The number of nitrogens with zero attached hydrogens (tertiary/aromatic N) is 2. The monoisotopic (exact) mass is 270 g/mol. The minimum absolute atomic E-state index is 0.232. The molecule has 0 aliphatic carbocycles. The summed E-state index contributed by atoms with van der Waals surface area (Å²) in [7, 11) is 0. The average Bonchev–Trinajstić information content (AvgIpc) is 2.37. The van der Waals surface area contributed by atoms with Crippen LogP contribution < -0.4 is 11.1 Å². The molecule has 3 N–H and O–H groups in total. The summed E-state index contributed by atoms with van der Waals surface area (Å²) in [5.74, 6) is -0.237. The Labute approximate surface area is 119 Å². The molecule has 1 rings (SSSR count). The van der Waals surface area contributed by atoms with Crippen LogP contribution in [0.1, 0.15) is 38.8 Å². The number of carbonyl (C=O) groups is 1. The third-order valence-electron chi connectivity index (χ3n) is 3.70. The van der Waals surface area contributed by atoms with Gasteiger partial charge in [-0.3, -0.25) is 4.79 Å². The van der Waals surface area contributed by atoms with E-state index in [9.17, 15) is 4.79 Å². The third-order valence-corrected chi connectivity index (χ3v) is 3.70. The topological polar surface area (TPSA) is 103 Å². The maximum Gasteiger partial charge on any atom is 0.231 e. The highest BCUT2D eigenvalue weighted by molar-refractivity contribution is 5.96. The van der Waals surface area contributed by atoms with Gasteiger partial charge in [0.1, 0.15) is 12.1 Å². The van der Waals surface area contributed by atoms with Gasteiger partial charge >= 0.3 is 0 Å². The van der Waals surface area contributed by atoms with E-state index in [0.717, 1.165) is 0 Å². The summed E-state index contributed by atoms with van der Waals surface area (Å²) in [6.45, 7) is 7.09. The number of amides is 1. The van der Waals surface area contributed by atoms with Crippen molar-refractivity contribution < 1.29 is 4.79 Å². The lowest BCUT2D eigenvalue weighted by atomic mass is 9.74. The van der Waals surface area contributed by atoms with E-state index in [2.05, 4.69) is 5.32 Å². The number of nitriles is 2. The SMILES string of the molecule is CC(C)(N)C(C)(C)C(=O)Nc1ccc(C#N)c(C#N)c1. The number of carbonyl (C=O) groups excluding carboxylic acids is 1. The van der Waals surface area contributed by atoms with Gasteiger partial charge < -0.3 is 11.1 Å². The fraction of sp³-hybridized carbons (Fsp3) is 0.400. The van der Waals surface area contributed by atoms with Crippen molar-refractivity contribution in [3.8, 4) is 12.1 Å². The first-order chi connectivity index (χ1) is 9.13. The summed E-state index contributed by atoms with van der Waals surface area (Å²) in [4.78, 5) is 12.3. The number of rotatable bonds is 3. The Morgan fingerprint density at radius 1 is 1.15 bits per heavy atom. The van der Waals surface area contributed by atoms with Gasteiger partial charge in [0.2, 0.25) is 5.91 Å². The molecule has 0 unspecified atom stereocenters. The summed E-state index contributed by atoms with van der Waals surface area (Å²) in [5.41, 5.74) is 5.52. The van der Waals surface area contributed by atoms with E-state index in [1.807, 2.05) is 12.1 Å². The Hall–Kier alpha value is -2.37. The van der Waals surface area contributed by atoms with Gasteiger partial charge in [-0.15, -0.1) is 0 Å². The van der Waals surface area contributed by atoms with Gasteiger partial charge in [0, 0.05) is 11.2 Å². The normalized spacial score (nSPS) is 11.3. The van der Waals surface area contributed by atoms with Crippen LogP contribution in [-0.2, 0) is 4.79 Å². The predicted molar refractivity (Wildman–Crippen MR) is 76.5 cm³/mol. The second-order valence-electron chi connectivity index (χ2n) is 5.78. The molecule has 5 heteroatoms. The van der Waals surface area contributed by atoms with Crippen LogP contribution in [-0.4, -0.2) is 11.4 Å². The fourth-order valence-corrected chi connectivity index (χ4v) is 1.39. The van der Waals surface area contributed by atoms with Crippen molar-refractivity contribution in [1.82, 2.24) is 0 Å². The molecule has 0 aliphatic rings. The van der Waals surface area contributed by atoms with Gasteiger partial charge in [-0.1, -0.05) is 0 Å². The molecule has 0 spiro atoms. The maximum absolute atomic E-state index is 12.3. The largest absolute Gasteiger partial charge is 0.326 e. The second-order valence-corrected chi connectivity index (χ2v) is 5.78. The van der Waals surface area contributed by atoms with Crippen LogP contribution >= 0.6 is 0 Å². The molecule has 5 nitrogen and oxygen atoms in total. The number of nitrogens with one attached hydrogen (secondary N) is 1. The highest BCUT2D eigenvalue weighted by atomic mass is 16.2. The Morgan fingerprint density at radius 2 is 1.70 bits per heavy atom. The van der Waals surface area contributed by atoms with Crippen molar-refractivity contribution in [2.24, 2.45) is 11.1 Å². The molecule has 0 heterocycles. The molecule has 0 fully saturated rings. The van der Waals surface area contributed by atoms with Gasteiger partial charge in [-0.05, 0) is 45.9 Å².